The molecule has 1 saturated carbocycles. The number of ether oxygens (including phenoxy) is 3. The molecule has 1 aliphatic heterocycles. The zero-order chi connectivity index (χ0) is 14.0. The molecule has 0 bridgehead atoms. The molecule has 0 amide bonds. The van der Waals surface area contributed by atoms with Gasteiger partial charge in [-0.15, -0.1) is 0 Å². The quantitative estimate of drug-likeness (QED) is 0.918. The van der Waals surface area contributed by atoms with E-state index in [0.717, 1.165) is 24.3 Å². The molecule has 1 aromatic carbocycles. The molecule has 1 fully saturated rings. The highest BCUT2D eigenvalue weighted by molar-refractivity contribution is 5.55. The van der Waals surface area contributed by atoms with Crippen molar-refractivity contribution in [3.05, 3.63) is 23.3 Å². The Labute approximate surface area is 120 Å². The van der Waals surface area contributed by atoms with E-state index in [4.69, 9.17) is 19.9 Å². The lowest BCUT2D eigenvalue weighted by molar-refractivity contribution is 0.161. The van der Waals surface area contributed by atoms with E-state index in [2.05, 4.69) is 6.07 Å². The average molecular weight is 277 g/mol. The van der Waals surface area contributed by atoms with E-state index in [1.54, 1.807) is 7.11 Å². The molecule has 2 aliphatic rings. The smallest absolute Gasteiger partial charge is 0.165 e. The van der Waals surface area contributed by atoms with Gasteiger partial charge in [0.25, 0.3) is 0 Å². The summed E-state index contributed by atoms with van der Waals surface area (Å²) in [4.78, 5) is 0. The van der Waals surface area contributed by atoms with Crippen LogP contribution in [0.5, 0.6) is 11.5 Å². The Kier molecular flexibility index (Phi) is 3.85. The van der Waals surface area contributed by atoms with Crippen LogP contribution in [0.3, 0.4) is 0 Å². The van der Waals surface area contributed by atoms with Crippen molar-refractivity contribution in [3.63, 3.8) is 0 Å². The Hall–Kier alpha value is -1.26. The second-order valence-electron chi connectivity index (χ2n) is 5.75. The highest BCUT2D eigenvalue weighted by atomic mass is 16.6. The lowest BCUT2D eigenvalue weighted by Crippen LogP contribution is -2.34. The largest absolute Gasteiger partial charge is 0.486 e. The minimum atomic E-state index is 0.0277. The summed E-state index contributed by atoms with van der Waals surface area (Å²) >= 11 is 0. The van der Waals surface area contributed by atoms with E-state index in [1.165, 1.54) is 24.0 Å². The summed E-state index contributed by atoms with van der Waals surface area (Å²) < 4.78 is 17.1. The van der Waals surface area contributed by atoms with Gasteiger partial charge in [0.2, 0.25) is 0 Å². The first kappa shape index (κ1) is 13.7. The maximum absolute atomic E-state index is 6.16. The third-order valence-corrected chi connectivity index (χ3v) is 4.58. The number of benzene rings is 1. The Morgan fingerprint density at radius 2 is 1.95 bits per heavy atom. The molecule has 0 spiro atoms. The fourth-order valence-corrected chi connectivity index (χ4v) is 3.62. The number of hydrogen-bond donors (Lipinski definition) is 1. The minimum Gasteiger partial charge on any atom is -0.486 e. The van der Waals surface area contributed by atoms with Gasteiger partial charge in [-0.05, 0) is 24.5 Å². The molecule has 4 heteroatoms. The molecule has 110 valence electrons. The van der Waals surface area contributed by atoms with Crippen molar-refractivity contribution in [1.82, 2.24) is 0 Å². The summed E-state index contributed by atoms with van der Waals surface area (Å²) in [5.74, 6) is 1.75. The third-order valence-electron chi connectivity index (χ3n) is 4.58. The van der Waals surface area contributed by atoms with Crippen LogP contribution in [0.4, 0.5) is 0 Å². The standard InChI is InChI=1S/C16H23NO3/c1-18-10-12-4-5-13-15(20-9-8-19-13)14(12)16(11-17)6-2-3-7-16/h4-5H,2-3,6-11,17H2,1H3. The van der Waals surface area contributed by atoms with Crippen LogP contribution >= 0.6 is 0 Å². The van der Waals surface area contributed by atoms with Gasteiger partial charge < -0.3 is 19.9 Å². The Morgan fingerprint density at radius 1 is 1.20 bits per heavy atom. The van der Waals surface area contributed by atoms with Gasteiger partial charge in [0.05, 0.1) is 6.61 Å². The van der Waals surface area contributed by atoms with Crippen molar-refractivity contribution in [2.45, 2.75) is 37.7 Å². The number of hydrogen-bond acceptors (Lipinski definition) is 4. The zero-order valence-electron chi connectivity index (χ0n) is 12.1. The second kappa shape index (κ2) is 5.62. The maximum Gasteiger partial charge on any atom is 0.165 e. The normalized spacial score (nSPS) is 20.1. The van der Waals surface area contributed by atoms with E-state index in [1.807, 2.05) is 6.07 Å². The molecular formula is C16H23NO3. The Balaban J connectivity index is 2.14. The Bertz CT molecular complexity index is 481. The summed E-state index contributed by atoms with van der Waals surface area (Å²) in [6.45, 7) is 2.47. The molecule has 1 aromatic rings. The summed E-state index contributed by atoms with van der Waals surface area (Å²) in [7, 11) is 1.73. The number of rotatable bonds is 4. The summed E-state index contributed by atoms with van der Waals surface area (Å²) in [6, 6.07) is 4.09. The van der Waals surface area contributed by atoms with Crippen molar-refractivity contribution in [3.8, 4) is 11.5 Å². The molecule has 1 heterocycles. The molecule has 4 nitrogen and oxygen atoms in total. The second-order valence-corrected chi connectivity index (χ2v) is 5.75. The molecule has 0 aromatic heterocycles. The third kappa shape index (κ3) is 2.17. The predicted octanol–water partition coefficient (Wildman–Crippen LogP) is 2.37. The number of fused-ring (bicyclic) bond motifs is 1. The van der Waals surface area contributed by atoms with Gasteiger partial charge >= 0.3 is 0 Å². The van der Waals surface area contributed by atoms with E-state index in [0.29, 0.717) is 26.4 Å². The first-order chi connectivity index (χ1) is 9.80. The van der Waals surface area contributed by atoms with E-state index < -0.39 is 0 Å². The molecule has 0 atom stereocenters. The maximum atomic E-state index is 6.16. The lowest BCUT2D eigenvalue weighted by atomic mass is 9.76. The molecule has 0 unspecified atom stereocenters. The van der Waals surface area contributed by atoms with E-state index in [-0.39, 0.29) is 5.41 Å². The van der Waals surface area contributed by atoms with Crippen LogP contribution in [-0.4, -0.2) is 26.9 Å². The van der Waals surface area contributed by atoms with Crippen molar-refractivity contribution < 1.29 is 14.2 Å². The molecule has 0 radical (unpaired) electrons. The van der Waals surface area contributed by atoms with Gasteiger partial charge in [-0.3, -0.25) is 0 Å². The monoisotopic (exact) mass is 277 g/mol. The van der Waals surface area contributed by atoms with Crippen LogP contribution in [0, 0.1) is 0 Å². The van der Waals surface area contributed by atoms with Gasteiger partial charge in [-0.2, -0.15) is 0 Å². The molecular weight excluding hydrogens is 254 g/mol. The minimum absolute atomic E-state index is 0.0277. The SMILES string of the molecule is COCc1ccc2c(c1C1(CN)CCCC1)OCCO2. The summed E-state index contributed by atoms with van der Waals surface area (Å²) in [6.07, 6.45) is 4.71. The number of methoxy groups -OCH3 is 1. The molecule has 1 aliphatic carbocycles. The van der Waals surface area contributed by atoms with Crippen LogP contribution in [0.1, 0.15) is 36.8 Å². The summed E-state index contributed by atoms with van der Waals surface area (Å²) in [5.41, 5.74) is 8.61. The fourth-order valence-electron chi connectivity index (χ4n) is 3.62. The van der Waals surface area contributed by atoms with Crippen LogP contribution in [0.25, 0.3) is 0 Å². The molecule has 0 saturated heterocycles. The highest BCUT2D eigenvalue weighted by Gasteiger charge is 2.40. The van der Waals surface area contributed by atoms with Gasteiger partial charge in [0, 0.05) is 24.6 Å². The first-order valence-electron chi connectivity index (χ1n) is 7.42. The van der Waals surface area contributed by atoms with Gasteiger partial charge in [0.15, 0.2) is 11.5 Å². The van der Waals surface area contributed by atoms with Crippen molar-refractivity contribution in [2.24, 2.45) is 5.73 Å². The van der Waals surface area contributed by atoms with E-state index >= 15 is 0 Å². The molecule has 2 N–H and O–H groups in total. The lowest BCUT2D eigenvalue weighted by Gasteiger charge is -2.34. The van der Waals surface area contributed by atoms with Crippen molar-refractivity contribution >= 4 is 0 Å². The molecule has 3 rings (SSSR count). The van der Waals surface area contributed by atoms with Gasteiger partial charge in [0.1, 0.15) is 13.2 Å². The predicted molar refractivity (Wildman–Crippen MR) is 77.3 cm³/mol. The van der Waals surface area contributed by atoms with Crippen molar-refractivity contribution in [2.75, 3.05) is 26.9 Å². The van der Waals surface area contributed by atoms with Gasteiger partial charge in [-0.25, -0.2) is 0 Å². The number of nitrogens with two attached hydrogens (primary N) is 1. The highest BCUT2D eigenvalue weighted by Crippen LogP contribution is 2.49. The topological polar surface area (TPSA) is 53.7 Å². The first-order valence-corrected chi connectivity index (χ1v) is 7.42. The van der Waals surface area contributed by atoms with Gasteiger partial charge in [-0.1, -0.05) is 18.9 Å². The van der Waals surface area contributed by atoms with Crippen molar-refractivity contribution in [1.29, 1.82) is 0 Å². The van der Waals surface area contributed by atoms with Crippen LogP contribution < -0.4 is 15.2 Å². The average Bonchev–Trinajstić information content (AvgIpc) is 2.97. The molecule has 20 heavy (non-hydrogen) atoms. The fraction of sp³-hybridized carbons (Fsp3) is 0.625. The van der Waals surface area contributed by atoms with E-state index in [9.17, 15) is 0 Å². The van der Waals surface area contributed by atoms with Crippen LogP contribution in [-0.2, 0) is 16.8 Å². The van der Waals surface area contributed by atoms with Crippen LogP contribution in [0.2, 0.25) is 0 Å². The summed E-state index contributed by atoms with van der Waals surface area (Å²) in [5, 5.41) is 0. The zero-order valence-corrected chi connectivity index (χ0v) is 12.1. The Morgan fingerprint density at radius 3 is 2.65 bits per heavy atom. The van der Waals surface area contributed by atoms with Crippen LogP contribution in [0.15, 0.2) is 12.1 Å².